The first-order valence-electron chi connectivity index (χ1n) is 8.96. The van der Waals surface area contributed by atoms with Crippen LogP contribution >= 0.6 is 0 Å². The zero-order valence-corrected chi connectivity index (χ0v) is 15.7. The quantitative estimate of drug-likeness (QED) is 0.610. The van der Waals surface area contributed by atoms with Gasteiger partial charge in [-0.3, -0.25) is 24.6 Å². The normalized spacial score (nSPS) is 14.1. The average molecular weight is 383 g/mol. The summed E-state index contributed by atoms with van der Waals surface area (Å²) in [5.41, 5.74) is 2.16. The van der Waals surface area contributed by atoms with Crippen LogP contribution in [-0.2, 0) is 9.59 Å². The number of ether oxygens (including phenoxy) is 1. The largest absolute Gasteiger partial charge is 0.482 e. The fraction of sp³-hybridized carbons (Fsp3) is 0.300. The van der Waals surface area contributed by atoms with Crippen molar-refractivity contribution in [2.45, 2.75) is 26.3 Å². The maximum atomic E-state index is 12.6. The SMILES string of the molecule is CCC(NC(=O)CN1C(=O)COc2ccc([N+](=O)[O-])cc21)c1ccc(C)cc1. The Balaban J connectivity index is 1.78. The predicted molar refractivity (Wildman–Crippen MR) is 103 cm³/mol. The lowest BCUT2D eigenvalue weighted by Gasteiger charge is -2.29. The van der Waals surface area contributed by atoms with Crippen molar-refractivity contribution in [3.63, 3.8) is 0 Å². The lowest BCUT2D eigenvalue weighted by Crippen LogP contribution is -2.45. The fourth-order valence-corrected chi connectivity index (χ4v) is 3.08. The Bertz CT molecular complexity index is 911. The first-order chi connectivity index (χ1) is 13.4. The summed E-state index contributed by atoms with van der Waals surface area (Å²) < 4.78 is 5.32. The number of non-ortho nitro benzene ring substituents is 1. The van der Waals surface area contributed by atoms with Crippen LogP contribution in [0.5, 0.6) is 5.75 Å². The van der Waals surface area contributed by atoms with Crippen LogP contribution in [0, 0.1) is 17.0 Å². The molecule has 2 aromatic rings. The number of benzene rings is 2. The van der Waals surface area contributed by atoms with E-state index in [0.29, 0.717) is 12.2 Å². The minimum atomic E-state index is -0.553. The van der Waals surface area contributed by atoms with Crippen LogP contribution in [0.25, 0.3) is 0 Å². The summed E-state index contributed by atoms with van der Waals surface area (Å²) in [6, 6.07) is 11.7. The maximum Gasteiger partial charge on any atom is 0.271 e. The molecule has 0 bridgehead atoms. The Morgan fingerprint density at radius 3 is 2.64 bits per heavy atom. The number of nitro groups is 1. The number of nitrogens with zero attached hydrogens (tertiary/aromatic N) is 2. The van der Waals surface area contributed by atoms with Crippen LogP contribution in [0.2, 0.25) is 0 Å². The molecule has 8 heteroatoms. The number of fused-ring (bicyclic) bond motifs is 1. The predicted octanol–water partition coefficient (Wildman–Crippen LogP) is 2.90. The number of rotatable bonds is 6. The molecule has 28 heavy (non-hydrogen) atoms. The standard InChI is InChI=1S/C20H21N3O5/c1-3-16(14-6-4-13(2)5-7-14)21-19(24)11-22-17-10-15(23(26)27)8-9-18(17)28-12-20(22)25/h4-10,16H,3,11-12H2,1-2H3,(H,21,24). The van der Waals surface area contributed by atoms with Gasteiger partial charge in [0, 0.05) is 12.1 Å². The van der Waals surface area contributed by atoms with E-state index in [-0.39, 0.29) is 36.5 Å². The molecule has 1 aliphatic heterocycles. The molecule has 1 unspecified atom stereocenters. The van der Waals surface area contributed by atoms with Crippen LogP contribution in [0.3, 0.4) is 0 Å². The molecular weight excluding hydrogens is 362 g/mol. The number of carbonyl (C=O) groups excluding carboxylic acids is 2. The molecule has 1 N–H and O–H groups in total. The summed E-state index contributed by atoms with van der Waals surface area (Å²) in [5, 5.41) is 14.0. The van der Waals surface area contributed by atoms with Gasteiger partial charge in [0.05, 0.1) is 16.7 Å². The summed E-state index contributed by atoms with van der Waals surface area (Å²) >= 11 is 0. The van der Waals surface area contributed by atoms with Crippen molar-refractivity contribution < 1.29 is 19.2 Å². The highest BCUT2D eigenvalue weighted by molar-refractivity contribution is 6.02. The summed E-state index contributed by atoms with van der Waals surface area (Å²) in [6.07, 6.45) is 0.688. The summed E-state index contributed by atoms with van der Waals surface area (Å²) in [6.45, 7) is 3.50. The Labute approximate surface area is 162 Å². The number of carbonyl (C=O) groups is 2. The Morgan fingerprint density at radius 2 is 2.00 bits per heavy atom. The molecule has 0 fully saturated rings. The number of hydrogen-bond donors (Lipinski definition) is 1. The number of anilines is 1. The van der Waals surface area contributed by atoms with Crippen LogP contribution in [0.4, 0.5) is 11.4 Å². The van der Waals surface area contributed by atoms with Gasteiger partial charge in [-0.05, 0) is 25.0 Å². The van der Waals surface area contributed by atoms with E-state index in [0.717, 1.165) is 11.1 Å². The molecule has 8 nitrogen and oxygen atoms in total. The highest BCUT2D eigenvalue weighted by atomic mass is 16.6. The van der Waals surface area contributed by atoms with E-state index in [1.54, 1.807) is 0 Å². The number of hydrogen-bond acceptors (Lipinski definition) is 5. The molecule has 1 atom stereocenters. The second kappa shape index (κ2) is 8.08. The number of nitrogens with one attached hydrogen (secondary N) is 1. The van der Waals surface area contributed by atoms with E-state index in [9.17, 15) is 19.7 Å². The Morgan fingerprint density at radius 1 is 1.29 bits per heavy atom. The van der Waals surface area contributed by atoms with Crippen molar-refractivity contribution in [1.82, 2.24) is 5.32 Å². The maximum absolute atomic E-state index is 12.6. The van der Waals surface area contributed by atoms with Gasteiger partial charge >= 0.3 is 0 Å². The van der Waals surface area contributed by atoms with E-state index in [2.05, 4.69) is 5.32 Å². The van der Waals surface area contributed by atoms with Gasteiger partial charge in [0.25, 0.3) is 11.6 Å². The smallest absolute Gasteiger partial charge is 0.271 e. The van der Waals surface area contributed by atoms with Crippen LogP contribution in [-0.4, -0.2) is 29.9 Å². The number of amides is 2. The zero-order chi connectivity index (χ0) is 20.3. The molecule has 2 amide bonds. The Kier molecular flexibility index (Phi) is 5.58. The van der Waals surface area contributed by atoms with Gasteiger partial charge in [-0.25, -0.2) is 0 Å². The van der Waals surface area contributed by atoms with E-state index in [1.165, 1.54) is 23.1 Å². The first-order valence-corrected chi connectivity index (χ1v) is 8.96. The van der Waals surface area contributed by atoms with Crippen LogP contribution in [0.1, 0.15) is 30.5 Å². The van der Waals surface area contributed by atoms with Crippen molar-refractivity contribution in [3.8, 4) is 5.75 Å². The molecule has 0 radical (unpaired) electrons. The molecule has 146 valence electrons. The molecule has 0 saturated heterocycles. The number of aryl methyl sites for hydroxylation is 1. The van der Waals surface area contributed by atoms with Gasteiger partial charge < -0.3 is 10.1 Å². The van der Waals surface area contributed by atoms with E-state index < -0.39 is 10.8 Å². The van der Waals surface area contributed by atoms with Crippen molar-refractivity contribution >= 4 is 23.2 Å². The lowest BCUT2D eigenvalue weighted by atomic mass is 10.0. The van der Waals surface area contributed by atoms with Crippen LogP contribution in [0.15, 0.2) is 42.5 Å². The van der Waals surface area contributed by atoms with E-state index in [4.69, 9.17) is 4.74 Å². The second-order valence-corrected chi connectivity index (χ2v) is 6.62. The molecular formula is C20H21N3O5. The Hall–Kier alpha value is -3.42. The topological polar surface area (TPSA) is 102 Å². The second-order valence-electron chi connectivity index (χ2n) is 6.62. The highest BCUT2D eigenvalue weighted by Crippen LogP contribution is 2.35. The molecule has 2 aromatic carbocycles. The summed E-state index contributed by atoms with van der Waals surface area (Å²) in [5.74, 6) is -0.435. The van der Waals surface area contributed by atoms with Gasteiger partial charge in [-0.1, -0.05) is 36.8 Å². The molecule has 0 aliphatic carbocycles. The lowest BCUT2D eigenvalue weighted by molar-refractivity contribution is -0.384. The molecule has 0 spiro atoms. The van der Waals surface area contributed by atoms with Gasteiger partial charge in [0.15, 0.2) is 6.61 Å². The van der Waals surface area contributed by atoms with Gasteiger partial charge in [-0.2, -0.15) is 0 Å². The van der Waals surface area contributed by atoms with Gasteiger partial charge in [0.1, 0.15) is 12.3 Å². The van der Waals surface area contributed by atoms with Crippen molar-refractivity contribution in [3.05, 3.63) is 63.7 Å². The molecule has 1 heterocycles. The van der Waals surface area contributed by atoms with E-state index in [1.807, 2.05) is 38.1 Å². The molecule has 0 aromatic heterocycles. The third kappa shape index (κ3) is 4.11. The first kappa shape index (κ1) is 19.3. The number of nitro benzene ring substituents is 1. The van der Waals surface area contributed by atoms with Crippen molar-refractivity contribution in [1.29, 1.82) is 0 Å². The monoisotopic (exact) mass is 383 g/mol. The van der Waals surface area contributed by atoms with Crippen molar-refractivity contribution in [2.75, 3.05) is 18.1 Å². The zero-order valence-electron chi connectivity index (χ0n) is 15.7. The van der Waals surface area contributed by atoms with Crippen LogP contribution < -0.4 is 15.0 Å². The minimum absolute atomic E-state index is 0.173. The van der Waals surface area contributed by atoms with Gasteiger partial charge in [0.2, 0.25) is 5.91 Å². The fourth-order valence-electron chi connectivity index (χ4n) is 3.08. The molecule has 0 saturated carbocycles. The van der Waals surface area contributed by atoms with Crippen molar-refractivity contribution in [2.24, 2.45) is 0 Å². The third-order valence-corrected chi connectivity index (χ3v) is 4.62. The minimum Gasteiger partial charge on any atom is -0.482 e. The highest BCUT2D eigenvalue weighted by Gasteiger charge is 2.29. The van der Waals surface area contributed by atoms with E-state index >= 15 is 0 Å². The molecule has 1 aliphatic rings. The summed E-state index contributed by atoms with van der Waals surface area (Å²) in [7, 11) is 0. The third-order valence-electron chi connectivity index (χ3n) is 4.62. The summed E-state index contributed by atoms with van der Waals surface area (Å²) in [4.78, 5) is 36.6. The average Bonchev–Trinajstić information content (AvgIpc) is 2.68. The van der Waals surface area contributed by atoms with Gasteiger partial charge in [-0.15, -0.1) is 0 Å². The molecule has 3 rings (SSSR count).